The van der Waals surface area contributed by atoms with Crippen molar-refractivity contribution in [1.82, 2.24) is 4.98 Å². The Morgan fingerprint density at radius 3 is 3.00 bits per heavy atom. The van der Waals surface area contributed by atoms with Crippen LogP contribution in [-0.4, -0.2) is 11.5 Å². The van der Waals surface area contributed by atoms with Crippen LogP contribution in [0.15, 0.2) is 0 Å². The summed E-state index contributed by atoms with van der Waals surface area (Å²) in [6, 6.07) is 0. The van der Waals surface area contributed by atoms with E-state index in [0.29, 0.717) is 5.41 Å². The molecule has 2 rings (SSSR count). The molecule has 84 valence electrons. The van der Waals surface area contributed by atoms with Gasteiger partial charge in [0.2, 0.25) is 0 Å². The number of thiazole rings is 1. The Balaban J connectivity index is 2.11. The first-order chi connectivity index (χ1) is 7.11. The van der Waals surface area contributed by atoms with Crippen LogP contribution in [0.5, 0.6) is 0 Å². The fraction of sp³-hybridized carbons (Fsp3) is 0.750. The van der Waals surface area contributed by atoms with Crippen LogP contribution in [0.2, 0.25) is 0 Å². The Hall–Kier alpha value is -0.410. The minimum absolute atomic E-state index is 0.477. The smallest absolute Gasteiger partial charge is 0.0931 e. The summed E-state index contributed by atoms with van der Waals surface area (Å²) in [4.78, 5) is 6.24. The summed E-state index contributed by atoms with van der Waals surface area (Å²) in [5, 5.41) is 1.29. The van der Waals surface area contributed by atoms with Crippen molar-refractivity contribution in [2.24, 2.45) is 11.1 Å². The number of aromatic nitrogens is 1. The molecule has 2 nitrogen and oxygen atoms in total. The molecule has 1 heterocycles. The molecule has 0 saturated carbocycles. The van der Waals surface area contributed by atoms with Crippen LogP contribution in [0, 0.1) is 5.41 Å². The van der Waals surface area contributed by atoms with Crippen LogP contribution in [0.1, 0.15) is 42.3 Å². The van der Waals surface area contributed by atoms with Gasteiger partial charge in [0, 0.05) is 11.3 Å². The number of hydrogen-bond acceptors (Lipinski definition) is 3. The Bertz CT molecular complexity index is 341. The summed E-state index contributed by atoms with van der Waals surface area (Å²) >= 11 is 1.91. The van der Waals surface area contributed by atoms with E-state index in [-0.39, 0.29) is 0 Å². The van der Waals surface area contributed by atoms with E-state index in [0.717, 1.165) is 19.4 Å². The van der Waals surface area contributed by atoms with E-state index in [1.165, 1.54) is 34.8 Å². The normalized spacial score (nSPS) is 18.9. The molecule has 15 heavy (non-hydrogen) atoms. The third kappa shape index (κ3) is 2.58. The minimum atomic E-state index is 0.477. The zero-order chi connectivity index (χ0) is 10.9. The summed E-state index contributed by atoms with van der Waals surface area (Å²) in [6.45, 7) is 5.49. The van der Waals surface area contributed by atoms with Crippen molar-refractivity contribution in [3.8, 4) is 0 Å². The summed E-state index contributed by atoms with van der Waals surface area (Å²) in [5.41, 5.74) is 7.36. The molecule has 1 aliphatic carbocycles. The maximum atomic E-state index is 5.52. The topological polar surface area (TPSA) is 38.9 Å². The van der Waals surface area contributed by atoms with Crippen molar-refractivity contribution < 1.29 is 0 Å². The highest BCUT2D eigenvalue weighted by atomic mass is 32.1. The Morgan fingerprint density at radius 1 is 1.47 bits per heavy atom. The zero-order valence-corrected chi connectivity index (χ0v) is 10.5. The van der Waals surface area contributed by atoms with Gasteiger partial charge in [-0.05, 0) is 37.6 Å². The summed E-state index contributed by atoms with van der Waals surface area (Å²) < 4.78 is 0. The number of fused-ring (bicyclic) bond motifs is 1. The van der Waals surface area contributed by atoms with Gasteiger partial charge in [-0.3, -0.25) is 0 Å². The van der Waals surface area contributed by atoms with Crippen LogP contribution >= 0.6 is 11.3 Å². The third-order valence-corrected chi connectivity index (χ3v) is 4.25. The Labute approximate surface area is 95.9 Å². The monoisotopic (exact) mass is 224 g/mol. The Kier molecular flexibility index (Phi) is 3.12. The van der Waals surface area contributed by atoms with E-state index in [2.05, 4.69) is 13.8 Å². The van der Waals surface area contributed by atoms with Gasteiger partial charge in [0.25, 0.3) is 0 Å². The van der Waals surface area contributed by atoms with Gasteiger partial charge in [-0.25, -0.2) is 4.98 Å². The lowest BCUT2D eigenvalue weighted by Crippen LogP contribution is -2.20. The van der Waals surface area contributed by atoms with Crippen LogP contribution < -0.4 is 5.73 Å². The van der Waals surface area contributed by atoms with Crippen molar-refractivity contribution in [2.75, 3.05) is 6.54 Å². The van der Waals surface area contributed by atoms with Crippen molar-refractivity contribution in [1.29, 1.82) is 0 Å². The summed E-state index contributed by atoms with van der Waals surface area (Å²) in [5.74, 6) is 0. The molecule has 0 radical (unpaired) electrons. The highest BCUT2D eigenvalue weighted by Crippen LogP contribution is 2.37. The van der Waals surface area contributed by atoms with Crippen LogP contribution in [0.4, 0.5) is 0 Å². The molecule has 0 spiro atoms. The molecule has 0 saturated heterocycles. The molecular weight excluding hydrogens is 204 g/mol. The molecule has 1 aliphatic rings. The highest BCUT2D eigenvalue weighted by molar-refractivity contribution is 7.11. The van der Waals surface area contributed by atoms with Crippen molar-refractivity contribution in [2.45, 2.75) is 46.0 Å². The van der Waals surface area contributed by atoms with Gasteiger partial charge in [0.1, 0.15) is 0 Å². The molecule has 1 aromatic rings. The van der Waals surface area contributed by atoms with Crippen molar-refractivity contribution in [3.63, 3.8) is 0 Å². The first-order valence-electron chi connectivity index (χ1n) is 5.78. The van der Waals surface area contributed by atoms with Gasteiger partial charge < -0.3 is 5.73 Å². The van der Waals surface area contributed by atoms with Gasteiger partial charge in [-0.1, -0.05) is 13.8 Å². The van der Waals surface area contributed by atoms with Crippen molar-refractivity contribution >= 4 is 11.3 Å². The second-order valence-corrected chi connectivity index (χ2v) is 6.38. The van der Waals surface area contributed by atoms with Gasteiger partial charge in [0.15, 0.2) is 0 Å². The molecule has 0 aromatic carbocycles. The van der Waals surface area contributed by atoms with Crippen molar-refractivity contribution in [3.05, 3.63) is 15.6 Å². The number of aryl methyl sites for hydroxylation is 2. The standard InChI is InChI=1S/C12H20N2S/c1-12(2)6-5-9-10(8-12)15-11(14-9)4-3-7-13/h3-8,13H2,1-2H3. The van der Waals surface area contributed by atoms with Gasteiger partial charge in [-0.2, -0.15) is 0 Å². The number of nitrogens with zero attached hydrogens (tertiary/aromatic N) is 1. The van der Waals surface area contributed by atoms with E-state index in [1.807, 2.05) is 11.3 Å². The molecule has 0 aliphatic heterocycles. The lowest BCUT2D eigenvalue weighted by molar-refractivity contribution is 0.316. The largest absolute Gasteiger partial charge is 0.330 e. The predicted octanol–water partition coefficient (Wildman–Crippen LogP) is 2.55. The maximum Gasteiger partial charge on any atom is 0.0931 e. The predicted molar refractivity (Wildman–Crippen MR) is 65.3 cm³/mol. The quantitative estimate of drug-likeness (QED) is 0.857. The second-order valence-electron chi connectivity index (χ2n) is 5.21. The molecule has 2 N–H and O–H groups in total. The molecule has 3 heteroatoms. The first-order valence-corrected chi connectivity index (χ1v) is 6.60. The number of rotatable bonds is 3. The average Bonchev–Trinajstić information content (AvgIpc) is 2.55. The SMILES string of the molecule is CC1(C)CCc2nc(CCCN)sc2C1. The number of nitrogens with two attached hydrogens (primary N) is 1. The van der Waals surface area contributed by atoms with E-state index in [1.54, 1.807) is 0 Å². The first kappa shape index (κ1) is 11.1. The Morgan fingerprint density at radius 2 is 2.27 bits per heavy atom. The summed E-state index contributed by atoms with van der Waals surface area (Å²) in [7, 11) is 0. The van der Waals surface area contributed by atoms with Gasteiger partial charge >= 0.3 is 0 Å². The fourth-order valence-electron chi connectivity index (χ4n) is 2.11. The van der Waals surface area contributed by atoms with E-state index in [9.17, 15) is 0 Å². The molecule has 1 aromatic heterocycles. The third-order valence-electron chi connectivity index (χ3n) is 3.09. The highest BCUT2D eigenvalue weighted by Gasteiger charge is 2.27. The molecular formula is C12H20N2S. The molecule has 0 atom stereocenters. The van der Waals surface area contributed by atoms with Crippen LogP contribution in [0.25, 0.3) is 0 Å². The van der Waals surface area contributed by atoms with E-state index in [4.69, 9.17) is 10.7 Å². The molecule has 0 unspecified atom stereocenters. The lowest BCUT2D eigenvalue weighted by atomic mass is 9.79. The molecule has 0 bridgehead atoms. The van der Waals surface area contributed by atoms with Crippen LogP contribution in [0.3, 0.4) is 0 Å². The lowest BCUT2D eigenvalue weighted by Gasteiger charge is -2.28. The van der Waals surface area contributed by atoms with Gasteiger partial charge in [0.05, 0.1) is 10.7 Å². The fourth-order valence-corrected chi connectivity index (χ4v) is 3.53. The number of hydrogen-bond donors (Lipinski definition) is 1. The zero-order valence-electron chi connectivity index (χ0n) is 9.68. The minimum Gasteiger partial charge on any atom is -0.330 e. The maximum absolute atomic E-state index is 5.52. The van der Waals surface area contributed by atoms with E-state index < -0.39 is 0 Å². The van der Waals surface area contributed by atoms with Crippen LogP contribution in [-0.2, 0) is 19.3 Å². The van der Waals surface area contributed by atoms with E-state index >= 15 is 0 Å². The second kappa shape index (κ2) is 4.22. The molecule has 0 amide bonds. The summed E-state index contributed by atoms with van der Waals surface area (Å²) in [6.07, 6.45) is 5.79. The molecule has 0 fully saturated rings. The van der Waals surface area contributed by atoms with Gasteiger partial charge in [-0.15, -0.1) is 11.3 Å². The average molecular weight is 224 g/mol.